The van der Waals surface area contributed by atoms with Crippen molar-refractivity contribution in [1.82, 2.24) is 4.98 Å². The lowest BCUT2D eigenvalue weighted by molar-refractivity contribution is 0.620. The summed E-state index contributed by atoms with van der Waals surface area (Å²) in [6.45, 7) is 0. The number of nitrogens with zero attached hydrogens (tertiary/aromatic N) is 2. The largest absolute Gasteiger partial charge is 0.436 e. The van der Waals surface area contributed by atoms with Gasteiger partial charge in [-0.2, -0.15) is 0 Å². The summed E-state index contributed by atoms with van der Waals surface area (Å²) in [5.74, 6) is 0.634. The van der Waals surface area contributed by atoms with Gasteiger partial charge in [-0.15, -0.1) is 22.7 Å². The lowest BCUT2D eigenvalue weighted by atomic mass is 10.0. The highest BCUT2D eigenvalue weighted by molar-refractivity contribution is 7.26. The van der Waals surface area contributed by atoms with E-state index in [9.17, 15) is 0 Å². The van der Waals surface area contributed by atoms with Crippen molar-refractivity contribution in [3.63, 3.8) is 0 Å². The molecule has 0 spiro atoms. The van der Waals surface area contributed by atoms with Crippen LogP contribution in [-0.4, -0.2) is 4.98 Å². The molecule has 12 aromatic rings. The molecule has 12 rings (SSSR count). The van der Waals surface area contributed by atoms with Crippen molar-refractivity contribution in [2.24, 2.45) is 0 Å². The minimum absolute atomic E-state index is 0.634. The number of thiophene rings is 2. The number of anilines is 3. The molecule has 5 heteroatoms. The van der Waals surface area contributed by atoms with Crippen LogP contribution in [0.25, 0.3) is 96.3 Å². The van der Waals surface area contributed by atoms with Gasteiger partial charge in [0.15, 0.2) is 5.58 Å². The van der Waals surface area contributed by atoms with Crippen LogP contribution in [0, 0.1) is 0 Å². The standard InChI is InChI=1S/C55H34N2OS2/c1-3-12-35(13-4-1)36-22-28-40(29-23-36)57(41-30-24-37(25-31-41)43-18-11-19-45-44-16-7-9-20-49(44)59-53(43)45)42-32-26-38(27-33-42)47-34-48-52(56-55(58-48)39-14-5-2-6-15-39)51-46-17-8-10-21-50(46)60-54(47)51/h1-34H. The van der Waals surface area contributed by atoms with Crippen molar-refractivity contribution < 1.29 is 4.42 Å². The fourth-order valence-electron chi connectivity index (χ4n) is 8.63. The van der Waals surface area contributed by atoms with Gasteiger partial charge in [0.25, 0.3) is 0 Å². The second-order valence-electron chi connectivity index (χ2n) is 15.1. The smallest absolute Gasteiger partial charge is 0.227 e. The van der Waals surface area contributed by atoms with Gasteiger partial charge in [0.1, 0.15) is 5.52 Å². The molecule has 0 amide bonds. The zero-order valence-corrected chi connectivity index (χ0v) is 33.9. The van der Waals surface area contributed by atoms with E-state index >= 15 is 0 Å². The first-order valence-corrected chi connectivity index (χ1v) is 21.7. The van der Waals surface area contributed by atoms with Crippen molar-refractivity contribution >= 4 is 91.2 Å². The second-order valence-corrected chi connectivity index (χ2v) is 17.2. The average molecular weight is 803 g/mol. The molecule has 0 fully saturated rings. The van der Waals surface area contributed by atoms with Gasteiger partial charge in [-0.05, 0) is 94.5 Å². The van der Waals surface area contributed by atoms with Crippen molar-refractivity contribution in [3.8, 4) is 44.8 Å². The molecule has 3 nitrogen and oxygen atoms in total. The van der Waals surface area contributed by atoms with Crippen molar-refractivity contribution in [2.45, 2.75) is 0 Å². The summed E-state index contributed by atoms with van der Waals surface area (Å²) in [5, 5.41) is 4.97. The monoisotopic (exact) mass is 802 g/mol. The van der Waals surface area contributed by atoms with Crippen LogP contribution < -0.4 is 4.90 Å². The number of oxazole rings is 1. The Morgan fingerprint density at radius 1 is 0.383 bits per heavy atom. The SMILES string of the molecule is c1ccc(-c2ccc(N(c3ccc(-c4cccc5c4sc4ccccc45)cc3)c3ccc(-c4cc5oc(-c6ccccc6)nc5c5c4sc4ccccc45)cc3)cc2)cc1. The molecule has 0 unspecified atom stereocenters. The fourth-order valence-corrected chi connectivity index (χ4v) is 11.1. The molecular weight excluding hydrogens is 769 g/mol. The number of rotatable bonds is 7. The van der Waals surface area contributed by atoms with Crippen LogP contribution in [0.15, 0.2) is 211 Å². The van der Waals surface area contributed by atoms with Crippen LogP contribution in [-0.2, 0) is 0 Å². The summed E-state index contributed by atoms with van der Waals surface area (Å²) < 4.78 is 11.6. The fraction of sp³-hybridized carbons (Fsp3) is 0. The molecule has 0 bridgehead atoms. The van der Waals surface area contributed by atoms with Crippen molar-refractivity contribution in [2.75, 3.05) is 4.90 Å². The quantitative estimate of drug-likeness (QED) is 0.161. The summed E-state index contributed by atoms with van der Waals surface area (Å²) in [6, 6.07) is 73.8. The normalized spacial score (nSPS) is 11.7. The Hall–Kier alpha value is -7.31. The molecule has 60 heavy (non-hydrogen) atoms. The molecule has 282 valence electrons. The van der Waals surface area contributed by atoms with E-state index in [1.807, 2.05) is 53.0 Å². The maximum Gasteiger partial charge on any atom is 0.227 e. The van der Waals surface area contributed by atoms with Crippen LogP contribution in [0.1, 0.15) is 0 Å². The highest BCUT2D eigenvalue weighted by Gasteiger charge is 2.21. The molecule has 0 radical (unpaired) electrons. The van der Waals surface area contributed by atoms with E-state index in [1.54, 1.807) is 0 Å². The van der Waals surface area contributed by atoms with Gasteiger partial charge in [0.2, 0.25) is 5.89 Å². The van der Waals surface area contributed by atoms with Crippen LogP contribution >= 0.6 is 22.7 Å². The maximum absolute atomic E-state index is 6.53. The molecule has 0 saturated carbocycles. The van der Waals surface area contributed by atoms with Gasteiger partial charge in [0.05, 0.1) is 0 Å². The molecule has 0 atom stereocenters. The Morgan fingerprint density at radius 3 is 1.55 bits per heavy atom. The molecule has 0 aliphatic carbocycles. The predicted octanol–water partition coefficient (Wildman–Crippen LogP) is 16.7. The maximum atomic E-state index is 6.53. The molecule has 0 N–H and O–H groups in total. The number of hydrogen-bond donors (Lipinski definition) is 0. The van der Waals surface area contributed by atoms with Crippen LogP contribution in [0.2, 0.25) is 0 Å². The number of benzene rings is 9. The van der Waals surface area contributed by atoms with Gasteiger partial charge >= 0.3 is 0 Å². The summed E-state index contributed by atoms with van der Waals surface area (Å²) >= 11 is 3.69. The first-order chi connectivity index (χ1) is 29.7. The molecule has 3 heterocycles. The Kier molecular flexibility index (Phi) is 8.22. The first kappa shape index (κ1) is 34.7. The minimum Gasteiger partial charge on any atom is -0.436 e. The van der Waals surface area contributed by atoms with E-state index < -0.39 is 0 Å². The Morgan fingerprint density at radius 2 is 0.883 bits per heavy atom. The molecule has 0 aliphatic rings. The number of aromatic nitrogens is 1. The third-order valence-corrected chi connectivity index (χ3v) is 14.0. The molecule has 9 aromatic carbocycles. The van der Waals surface area contributed by atoms with Crippen LogP contribution in [0.4, 0.5) is 17.1 Å². The molecule has 0 saturated heterocycles. The second kappa shape index (κ2) is 14.2. The summed E-state index contributed by atoms with van der Waals surface area (Å²) in [5.41, 5.74) is 13.0. The summed E-state index contributed by atoms with van der Waals surface area (Å²) in [6.07, 6.45) is 0. The zero-order chi connectivity index (χ0) is 39.6. The van der Waals surface area contributed by atoms with Gasteiger partial charge < -0.3 is 9.32 Å². The number of fused-ring (bicyclic) bond motifs is 8. The highest BCUT2D eigenvalue weighted by Crippen LogP contribution is 2.46. The topological polar surface area (TPSA) is 29.3 Å². The van der Waals surface area contributed by atoms with Crippen molar-refractivity contribution in [3.05, 3.63) is 206 Å². The lowest BCUT2D eigenvalue weighted by Gasteiger charge is -2.26. The number of hydrogen-bond acceptors (Lipinski definition) is 5. The van der Waals surface area contributed by atoms with Crippen LogP contribution in [0.5, 0.6) is 0 Å². The third kappa shape index (κ3) is 5.82. The van der Waals surface area contributed by atoms with E-state index in [-0.39, 0.29) is 0 Å². The van der Waals surface area contributed by atoms with Crippen LogP contribution in [0.3, 0.4) is 0 Å². The first-order valence-electron chi connectivity index (χ1n) is 20.1. The summed E-state index contributed by atoms with van der Waals surface area (Å²) in [4.78, 5) is 7.43. The zero-order valence-electron chi connectivity index (χ0n) is 32.2. The molecule has 0 aliphatic heterocycles. The minimum atomic E-state index is 0.634. The predicted molar refractivity (Wildman–Crippen MR) is 256 cm³/mol. The van der Waals surface area contributed by atoms with Gasteiger partial charge in [-0.25, -0.2) is 4.98 Å². The Bertz CT molecular complexity index is 3510. The van der Waals surface area contributed by atoms with Crippen molar-refractivity contribution in [1.29, 1.82) is 0 Å². The van der Waals surface area contributed by atoms with E-state index in [1.165, 1.54) is 57.2 Å². The van der Waals surface area contributed by atoms with Gasteiger partial charge in [-0.1, -0.05) is 140 Å². The lowest BCUT2D eigenvalue weighted by Crippen LogP contribution is -2.09. The third-order valence-electron chi connectivity index (χ3n) is 11.5. The Balaban J connectivity index is 0.970. The summed E-state index contributed by atoms with van der Waals surface area (Å²) in [7, 11) is 0. The molecule has 3 aromatic heterocycles. The molecular formula is C55H34N2OS2. The van der Waals surface area contributed by atoms with E-state index in [0.29, 0.717) is 5.89 Å². The van der Waals surface area contributed by atoms with E-state index in [0.717, 1.165) is 50.2 Å². The Labute approximate surface area is 354 Å². The van der Waals surface area contributed by atoms with E-state index in [2.05, 4.69) is 181 Å². The highest BCUT2D eigenvalue weighted by atomic mass is 32.1. The van der Waals surface area contributed by atoms with E-state index in [4.69, 9.17) is 9.40 Å². The van der Waals surface area contributed by atoms with Gasteiger partial charge in [-0.3, -0.25) is 0 Å². The van der Waals surface area contributed by atoms with Gasteiger partial charge in [0, 0.05) is 68.5 Å². The average Bonchev–Trinajstić information content (AvgIpc) is 4.04.